The van der Waals surface area contributed by atoms with Gasteiger partial charge in [-0.3, -0.25) is 9.59 Å². The fourth-order valence-corrected chi connectivity index (χ4v) is 4.88. The van der Waals surface area contributed by atoms with E-state index >= 15 is 0 Å². The second-order valence-corrected chi connectivity index (χ2v) is 10.8. The van der Waals surface area contributed by atoms with Gasteiger partial charge in [-0.05, 0) is 12.8 Å². The van der Waals surface area contributed by atoms with Crippen molar-refractivity contribution in [2.75, 3.05) is 13.1 Å². The van der Waals surface area contributed by atoms with E-state index in [1.165, 1.54) is 153 Å². The Morgan fingerprint density at radius 1 is 0.472 bits per heavy atom. The third-order valence-corrected chi connectivity index (χ3v) is 7.27. The molecule has 0 aromatic rings. The second-order valence-electron chi connectivity index (χ2n) is 10.8. The van der Waals surface area contributed by atoms with Crippen LogP contribution in [-0.4, -0.2) is 29.8 Å². The fourth-order valence-electron chi connectivity index (χ4n) is 4.88. The first kappa shape index (κ1) is 34.7. The minimum atomic E-state index is -0.556. The number of primary amides is 1. The number of carbonyl (C=O) groups excluding carboxylic acids is 2. The lowest BCUT2D eigenvalue weighted by Gasteiger charge is -2.21. The summed E-state index contributed by atoms with van der Waals surface area (Å²) >= 11 is 0. The van der Waals surface area contributed by atoms with Crippen LogP contribution < -0.4 is 5.73 Å². The van der Waals surface area contributed by atoms with E-state index in [1.807, 2.05) is 4.90 Å². The standard InChI is InChI=1S/C32H62N2O2/c1-3-5-7-9-11-13-15-17-19-21-23-25-29-34(32(36)28-27-31(33)35)30-26-24-22-20-18-16-14-12-10-8-6-4-2/h27-28H,3-26,29-30H2,1-2H3,(H2,33,35)/b28-27-. The molecule has 0 fully saturated rings. The van der Waals surface area contributed by atoms with Crippen LogP contribution in [0.15, 0.2) is 12.2 Å². The highest BCUT2D eigenvalue weighted by Crippen LogP contribution is 2.14. The molecule has 0 rings (SSSR count). The third kappa shape index (κ3) is 25.8. The quantitative estimate of drug-likeness (QED) is 0.0848. The Hall–Kier alpha value is -1.32. The fraction of sp³-hybridized carbons (Fsp3) is 0.875. The van der Waals surface area contributed by atoms with Gasteiger partial charge in [0.1, 0.15) is 0 Å². The summed E-state index contributed by atoms with van der Waals surface area (Å²) in [6, 6.07) is 0. The SMILES string of the molecule is CCCCCCCCCCCCCCN(CCCCCCCCCCCCCC)C(=O)/C=C\C(N)=O. The van der Waals surface area contributed by atoms with Gasteiger partial charge in [-0.2, -0.15) is 0 Å². The Bertz CT molecular complexity index is 490. The summed E-state index contributed by atoms with van der Waals surface area (Å²) in [7, 11) is 0. The van der Waals surface area contributed by atoms with E-state index in [1.54, 1.807) is 0 Å². The average molecular weight is 507 g/mol. The van der Waals surface area contributed by atoms with Crippen molar-refractivity contribution in [2.45, 2.75) is 168 Å². The van der Waals surface area contributed by atoms with Crippen LogP contribution in [0.4, 0.5) is 0 Å². The van der Waals surface area contributed by atoms with Crippen LogP contribution in [0.5, 0.6) is 0 Å². The highest BCUT2D eigenvalue weighted by Gasteiger charge is 2.10. The van der Waals surface area contributed by atoms with Crippen molar-refractivity contribution in [2.24, 2.45) is 5.73 Å². The van der Waals surface area contributed by atoms with Crippen LogP contribution in [0, 0.1) is 0 Å². The van der Waals surface area contributed by atoms with E-state index in [2.05, 4.69) is 13.8 Å². The molecule has 0 saturated carbocycles. The molecule has 0 atom stereocenters. The van der Waals surface area contributed by atoms with Gasteiger partial charge in [0.15, 0.2) is 0 Å². The summed E-state index contributed by atoms with van der Waals surface area (Å²) < 4.78 is 0. The highest BCUT2D eigenvalue weighted by atomic mass is 16.2. The summed E-state index contributed by atoms with van der Waals surface area (Å²) in [4.78, 5) is 25.5. The van der Waals surface area contributed by atoms with Gasteiger partial charge < -0.3 is 10.6 Å². The van der Waals surface area contributed by atoms with E-state index in [0.717, 1.165) is 25.9 Å². The molecule has 0 radical (unpaired) electrons. The molecule has 0 heterocycles. The monoisotopic (exact) mass is 506 g/mol. The van der Waals surface area contributed by atoms with Crippen molar-refractivity contribution in [1.82, 2.24) is 4.90 Å². The maximum atomic E-state index is 12.5. The van der Waals surface area contributed by atoms with Gasteiger partial charge in [-0.25, -0.2) is 0 Å². The zero-order chi connectivity index (χ0) is 26.5. The minimum absolute atomic E-state index is 0.0695. The summed E-state index contributed by atoms with van der Waals surface area (Å²) in [5, 5.41) is 0. The molecule has 0 saturated heterocycles. The van der Waals surface area contributed by atoms with Gasteiger partial charge in [-0.1, -0.05) is 155 Å². The first-order valence-electron chi connectivity index (χ1n) is 15.9. The number of carbonyl (C=O) groups is 2. The average Bonchev–Trinajstić information content (AvgIpc) is 2.87. The van der Waals surface area contributed by atoms with Crippen molar-refractivity contribution >= 4 is 11.8 Å². The predicted octanol–water partition coefficient (Wildman–Crippen LogP) is 9.26. The Balaban J connectivity index is 3.89. The smallest absolute Gasteiger partial charge is 0.246 e. The van der Waals surface area contributed by atoms with Crippen LogP contribution in [0.2, 0.25) is 0 Å². The van der Waals surface area contributed by atoms with Crippen LogP contribution >= 0.6 is 0 Å². The first-order chi connectivity index (χ1) is 17.6. The number of amides is 2. The molecule has 0 unspecified atom stereocenters. The maximum Gasteiger partial charge on any atom is 0.246 e. The first-order valence-corrected chi connectivity index (χ1v) is 15.9. The predicted molar refractivity (Wildman–Crippen MR) is 157 cm³/mol. The van der Waals surface area contributed by atoms with Crippen LogP contribution in [0.3, 0.4) is 0 Å². The number of unbranched alkanes of at least 4 members (excludes halogenated alkanes) is 22. The molecule has 212 valence electrons. The van der Waals surface area contributed by atoms with Gasteiger partial charge >= 0.3 is 0 Å². The molecular formula is C32H62N2O2. The lowest BCUT2D eigenvalue weighted by Crippen LogP contribution is -2.32. The topological polar surface area (TPSA) is 63.4 Å². The Labute approximate surface area is 225 Å². The van der Waals surface area contributed by atoms with E-state index < -0.39 is 5.91 Å². The molecule has 0 bridgehead atoms. The number of hydrogen-bond donors (Lipinski definition) is 1. The number of nitrogens with two attached hydrogens (primary N) is 1. The molecule has 0 spiro atoms. The highest BCUT2D eigenvalue weighted by molar-refractivity contribution is 5.95. The molecule has 0 aromatic heterocycles. The third-order valence-electron chi connectivity index (χ3n) is 7.27. The van der Waals surface area contributed by atoms with Crippen LogP contribution in [0.25, 0.3) is 0 Å². The molecule has 2 amide bonds. The van der Waals surface area contributed by atoms with Crippen LogP contribution in [-0.2, 0) is 9.59 Å². The maximum absolute atomic E-state index is 12.5. The molecule has 0 aliphatic rings. The lowest BCUT2D eigenvalue weighted by atomic mass is 10.0. The summed E-state index contributed by atoms with van der Waals surface area (Å²) in [5.74, 6) is -0.626. The molecule has 0 aliphatic carbocycles. The number of hydrogen-bond acceptors (Lipinski definition) is 2. The second kappa shape index (κ2) is 28.3. The Morgan fingerprint density at radius 2 is 0.750 bits per heavy atom. The van der Waals surface area contributed by atoms with E-state index in [4.69, 9.17) is 5.73 Å². The minimum Gasteiger partial charge on any atom is -0.366 e. The molecule has 0 aromatic carbocycles. The molecule has 2 N–H and O–H groups in total. The van der Waals surface area contributed by atoms with Crippen LogP contribution in [0.1, 0.15) is 168 Å². The molecular weight excluding hydrogens is 444 g/mol. The number of rotatable bonds is 28. The summed E-state index contributed by atoms with van der Waals surface area (Å²) in [5.41, 5.74) is 5.18. The Morgan fingerprint density at radius 3 is 1.03 bits per heavy atom. The summed E-state index contributed by atoms with van der Waals surface area (Å²) in [6.45, 7) is 6.12. The van der Waals surface area contributed by atoms with Crippen molar-refractivity contribution < 1.29 is 9.59 Å². The molecule has 36 heavy (non-hydrogen) atoms. The lowest BCUT2D eigenvalue weighted by molar-refractivity contribution is -0.126. The van der Waals surface area contributed by atoms with E-state index in [-0.39, 0.29) is 5.91 Å². The molecule has 4 heteroatoms. The van der Waals surface area contributed by atoms with Crippen molar-refractivity contribution in [3.8, 4) is 0 Å². The van der Waals surface area contributed by atoms with Crippen molar-refractivity contribution in [1.29, 1.82) is 0 Å². The van der Waals surface area contributed by atoms with Gasteiger partial charge in [-0.15, -0.1) is 0 Å². The zero-order valence-corrected chi connectivity index (χ0v) is 24.4. The molecule has 4 nitrogen and oxygen atoms in total. The normalized spacial score (nSPS) is 11.4. The van der Waals surface area contributed by atoms with E-state index in [0.29, 0.717) is 0 Å². The largest absolute Gasteiger partial charge is 0.366 e. The van der Waals surface area contributed by atoms with Gasteiger partial charge in [0.05, 0.1) is 0 Å². The summed E-state index contributed by atoms with van der Waals surface area (Å²) in [6.07, 6.45) is 34.2. The van der Waals surface area contributed by atoms with Gasteiger partial charge in [0.25, 0.3) is 0 Å². The molecule has 0 aliphatic heterocycles. The zero-order valence-electron chi connectivity index (χ0n) is 24.4. The van der Waals surface area contributed by atoms with Crippen molar-refractivity contribution in [3.63, 3.8) is 0 Å². The van der Waals surface area contributed by atoms with E-state index in [9.17, 15) is 9.59 Å². The van der Waals surface area contributed by atoms with Crippen molar-refractivity contribution in [3.05, 3.63) is 12.2 Å². The van der Waals surface area contributed by atoms with Gasteiger partial charge in [0.2, 0.25) is 11.8 Å². The Kier molecular flexibility index (Phi) is 27.2. The van der Waals surface area contributed by atoms with Gasteiger partial charge in [0, 0.05) is 25.2 Å². The number of nitrogens with zero attached hydrogens (tertiary/aromatic N) is 1.